The van der Waals surface area contributed by atoms with Crippen LogP contribution in [0.15, 0.2) is 48.5 Å². The summed E-state index contributed by atoms with van der Waals surface area (Å²) in [6.45, 7) is 5.91. The van der Waals surface area contributed by atoms with E-state index < -0.39 is 0 Å². The van der Waals surface area contributed by atoms with Gasteiger partial charge in [-0.05, 0) is 48.0 Å². The van der Waals surface area contributed by atoms with E-state index >= 15 is 0 Å². The summed E-state index contributed by atoms with van der Waals surface area (Å²) < 4.78 is 5.45. The fourth-order valence-corrected chi connectivity index (χ4v) is 4.10. The molecule has 0 unspecified atom stereocenters. The van der Waals surface area contributed by atoms with Gasteiger partial charge in [-0.3, -0.25) is 9.69 Å². The first kappa shape index (κ1) is 20.8. The number of amides is 1. The Hall–Kier alpha value is -2.48. The molecule has 0 radical (unpaired) electrons. The van der Waals surface area contributed by atoms with Gasteiger partial charge in [-0.1, -0.05) is 30.3 Å². The standard InChI is InChI=1S/C23H28N4O2S/c28-22-9-4-10-27(22)21-8-3-7-20(15-21)25-23(30)24-16-18-5-1-2-6-19(18)17-26-11-13-29-14-12-26/h1-3,5-8,15H,4,9-14,16-17H2,(H2,24,25,30). The van der Waals surface area contributed by atoms with E-state index in [-0.39, 0.29) is 5.91 Å². The maximum absolute atomic E-state index is 12.0. The van der Waals surface area contributed by atoms with Crippen molar-refractivity contribution < 1.29 is 9.53 Å². The number of nitrogens with one attached hydrogen (secondary N) is 2. The maximum Gasteiger partial charge on any atom is 0.227 e. The molecule has 2 N–H and O–H groups in total. The molecule has 0 atom stereocenters. The third-order valence-corrected chi connectivity index (χ3v) is 5.79. The molecule has 158 valence electrons. The minimum Gasteiger partial charge on any atom is -0.379 e. The van der Waals surface area contributed by atoms with E-state index in [0.717, 1.165) is 57.2 Å². The van der Waals surface area contributed by atoms with Crippen molar-refractivity contribution >= 4 is 34.6 Å². The van der Waals surface area contributed by atoms with Gasteiger partial charge >= 0.3 is 0 Å². The van der Waals surface area contributed by atoms with Gasteiger partial charge in [0.1, 0.15) is 0 Å². The summed E-state index contributed by atoms with van der Waals surface area (Å²) in [4.78, 5) is 16.3. The number of hydrogen-bond acceptors (Lipinski definition) is 4. The van der Waals surface area contributed by atoms with Crippen LogP contribution in [0.2, 0.25) is 0 Å². The highest BCUT2D eigenvalue weighted by Gasteiger charge is 2.21. The zero-order chi connectivity index (χ0) is 20.8. The maximum atomic E-state index is 12.0. The van der Waals surface area contributed by atoms with Crippen molar-refractivity contribution in [2.24, 2.45) is 0 Å². The van der Waals surface area contributed by atoms with Crippen molar-refractivity contribution in [2.75, 3.05) is 43.1 Å². The summed E-state index contributed by atoms with van der Waals surface area (Å²) in [5, 5.41) is 7.14. The molecule has 0 aliphatic carbocycles. The van der Waals surface area contributed by atoms with Crippen LogP contribution in [0, 0.1) is 0 Å². The Morgan fingerprint density at radius 2 is 1.83 bits per heavy atom. The van der Waals surface area contributed by atoms with E-state index in [9.17, 15) is 4.79 Å². The Kier molecular flexibility index (Phi) is 6.94. The lowest BCUT2D eigenvalue weighted by Crippen LogP contribution is -2.36. The minimum atomic E-state index is 0.185. The molecule has 2 aromatic rings. The second kappa shape index (κ2) is 10.0. The number of benzene rings is 2. The highest BCUT2D eigenvalue weighted by atomic mass is 32.1. The van der Waals surface area contributed by atoms with Gasteiger partial charge in [-0.2, -0.15) is 0 Å². The Bertz CT molecular complexity index is 898. The number of carbonyl (C=O) groups excluding carboxylic acids is 1. The van der Waals surface area contributed by atoms with Crippen LogP contribution in [0.3, 0.4) is 0 Å². The molecule has 4 rings (SSSR count). The van der Waals surface area contributed by atoms with Crippen molar-refractivity contribution in [3.05, 3.63) is 59.7 Å². The van der Waals surface area contributed by atoms with Crippen LogP contribution in [0.1, 0.15) is 24.0 Å². The first-order valence-electron chi connectivity index (χ1n) is 10.5. The average molecular weight is 425 g/mol. The van der Waals surface area contributed by atoms with E-state index in [2.05, 4.69) is 39.8 Å². The smallest absolute Gasteiger partial charge is 0.227 e. The molecule has 6 nitrogen and oxygen atoms in total. The van der Waals surface area contributed by atoms with Crippen LogP contribution >= 0.6 is 12.2 Å². The number of thiocarbonyl (C=S) groups is 1. The molecule has 2 saturated heterocycles. The summed E-state index contributed by atoms with van der Waals surface area (Å²) >= 11 is 5.51. The second-order valence-electron chi connectivity index (χ2n) is 7.66. The van der Waals surface area contributed by atoms with Crippen LogP contribution in [0.5, 0.6) is 0 Å². The summed E-state index contributed by atoms with van der Waals surface area (Å²) in [6, 6.07) is 16.3. The predicted molar refractivity (Wildman–Crippen MR) is 124 cm³/mol. The molecule has 30 heavy (non-hydrogen) atoms. The van der Waals surface area contributed by atoms with E-state index in [4.69, 9.17) is 17.0 Å². The van der Waals surface area contributed by atoms with Gasteiger partial charge < -0.3 is 20.3 Å². The van der Waals surface area contributed by atoms with Gasteiger partial charge in [0, 0.05) is 50.5 Å². The highest BCUT2D eigenvalue weighted by Crippen LogP contribution is 2.24. The van der Waals surface area contributed by atoms with Gasteiger partial charge in [-0.15, -0.1) is 0 Å². The van der Waals surface area contributed by atoms with Crippen LogP contribution in [0.4, 0.5) is 11.4 Å². The molecule has 0 aromatic heterocycles. The third kappa shape index (κ3) is 5.36. The van der Waals surface area contributed by atoms with Crippen molar-refractivity contribution in [1.82, 2.24) is 10.2 Å². The topological polar surface area (TPSA) is 56.8 Å². The predicted octanol–water partition coefficient (Wildman–Crippen LogP) is 3.13. The number of hydrogen-bond donors (Lipinski definition) is 2. The largest absolute Gasteiger partial charge is 0.379 e. The summed E-state index contributed by atoms with van der Waals surface area (Å²) in [6.07, 6.45) is 1.54. The van der Waals surface area contributed by atoms with Crippen molar-refractivity contribution in [3.63, 3.8) is 0 Å². The Morgan fingerprint density at radius 3 is 2.60 bits per heavy atom. The first-order chi connectivity index (χ1) is 14.7. The number of ether oxygens (including phenoxy) is 1. The van der Waals surface area contributed by atoms with Crippen molar-refractivity contribution in [2.45, 2.75) is 25.9 Å². The van der Waals surface area contributed by atoms with E-state index in [1.807, 2.05) is 29.2 Å². The highest BCUT2D eigenvalue weighted by molar-refractivity contribution is 7.80. The molecule has 2 aromatic carbocycles. The number of nitrogens with zero attached hydrogens (tertiary/aromatic N) is 2. The average Bonchev–Trinajstić information content (AvgIpc) is 3.20. The Balaban J connectivity index is 1.34. The summed E-state index contributed by atoms with van der Waals surface area (Å²) in [5.74, 6) is 0.185. The van der Waals surface area contributed by atoms with Crippen LogP contribution in [0.25, 0.3) is 0 Å². The lowest BCUT2D eigenvalue weighted by Gasteiger charge is -2.27. The fraction of sp³-hybridized carbons (Fsp3) is 0.391. The first-order valence-corrected chi connectivity index (χ1v) is 10.9. The van der Waals surface area contributed by atoms with Crippen LogP contribution in [-0.4, -0.2) is 48.8 Å². The fourth-order valence-electron chi connectivity index (χ4n) is 3.91. The van der Waals surface area contributed by atoms with Crippen molar-refractivity contribution in [1.29, 1.82) is 0 Å². The zero-order valence-electron chi connectivity index (χ0n) is 17.1. The third-order valence-electron chi connectivity index (χ3n) is 5.54. The quantitative estimate of drug-likeness (QED) is 0.695. The van der Waals surface area contributed by atoms with Gasteiger partial charge in [0.25, 0.3) is 0 Å². The molecule has 0 bridgehead atoms. The lowest BCUT2D eigenvalue weighted by atomic mass is 10.1. The monoisotopic (exact) mass is 424 g/mol. The van der Waals surface area contributed by atoms with Gasteiger partial charge in [0.05, 0.1) is 13.2 Å². The second-order valence-corrected chi connectivity index (χ2v) is 8.07. The molecule has 1 amide bonds. The Morgan fingerprint density at radius 1 is 1.03 bits per heavy atom. The lowest BCUT2D eigenvalue weighted by molar-refractivity contribution is -0.117. The molecule has 2 fully saturated rings. The SMILES string of the molecule is O=C1CCCN1c1cccc(NC(=S)NCc2ccccc2CN2CCOCC2)c1. The molecule has 2 heterocycles. The van der Waals surface area contributed by atoms with Crippen LogP contribution < -0.4 is 15.5 Å². The number of anilines is 2. The summed E-state index contributed by atoms with van der Waals surface area (Å²) in [5.41, 5.74) is 4.35. The van der Waals surface area contributed by atoms with Gasteiger partial charge in [0.15, 0.2) is 5.11 Å². The molecular formula is C23H28N4O2S. The van der Waals surface area contributed by atoms with E-state index in [1.54, 1.807) is 0 Å². The number of morpholine rings is 1. The number of rotatable bonds is 6. The molecule has 7 heteroatoms. The molecule has 2 aliphatic heterocycles. The number of carbonyl (C=O) groups is 1. The van der Waals surface area contributed by atoms with E-state index in [0.29, 0.717) is 18.1 Å². The van der Waals surface area contributed by atoms with Gasteiger partial charge in [-0.25, -0.2) is 0 Å². The van der Waals surface area contributed by atoms with E-state index in [1.165, 1.54) is 11.1 Å². The minimum absolute atomic E-state index is 0.185. The van der Waals surface area contributed by atoms with Gasteiger partial charge in [0.2, 0.25) is 5.91 Å². The molecule has 0 spiro atoms. The molecule has 0 saturated carbocycles. The molecule has 2 aliphatic rings. The van der Waals surface area contributed by atoms with Crippen LogP contribution in [-0.2, 0) is 22.6 Å². The normalized spacial score (nSPS) is 17.2. The zero-order valence-corrected chi connectivity index (χ0v) is 17.9. The Labute approximate surface area is 183 Å². The van der Waals surface area contributed by atoms with Crippen molar-refractivity contribution in [3.8, 4) is 0 Å². The molecular weight excluding hydrogens is 396 g/mol. The summed E-state index contributed by atoms with van der Waals surface area (Å²) in [7, 11) is 0.